The second-order valence-corrected chi connectivity index (χ2v) is 6.89. The minimum absolute atomic E-state index is 0.560. The van der Waals surface area contributed by atoms with Gasteiger partial charge in [-0.25, -0.2) is 0 Å². The standard InChI is InChI=1S/C14H16BrCl2N3/c1-8-13(17)12(20(3)19-8)7-14(2,18)10-5-4-9(15)6-11(10)16/h4-6H,7,18H2,1-3H3. The van der Waals surface area contributed by atoms with Crippen LogP contribution in [0.2, 0.25) is 10.0 Å². The maximum atomic E-state index is 6.47. The quantitative estimate of drug-likeness (QED) is 0.871. The van der Waals surface area contributed by atoms with E-state index in [1.165, 1.54) is 0 Å². The number of rotatable bonds is 3. The Labute approximate surface area is 137 Å². The van der Waals surface area contributed by atoms with Gasteiger partial charge >= 0.3 is 0 Å². The summed E-state index contributed by atoms with van der Waals surface area (Å²) in [4.78, 5) is 0. The summed E-state index contributed by atoms with van der Waals surface area (Å²) in [5.74, 6) is 0. The van der Waals surface area contributed by atoms with E-state index in [2.05, 4.69) is 21.0 Å². The van der Waals surface area contributed by atoms with Crippen LogP contribution in [0.4, 0.5) is 0 Å². The Morgan fingerprint density at radius 1 is 1.40 bits per heavy atom. The molecule has 0 bridgehead atoms. The summed E-state index contributed by atoms with van der Waals surface area (Å²) in [6, 6.07) is 5.71. The summed E-state index contributed by atoms with van der Waals surface area (Å²) in [6.07, 6.45) is 0.560. The second kappa shape index (κ2) is 5.68. The van der Waals surface area contributed by atoms with Gasteiger partial charge in [0.2, 0.25) is 0 Å². The van der Waals surface area contributed by atoms with Gasteiger partial charge in [-0.05, 0) is 31.5 Å². The first kappa shape index (κ1) is 15.8. The Balaban J connectivity index is 2.40. The number of hydrogen-bond acceptors (Lipinski definition) is 2. The molecule has 1 aromatic heterocycles. The van der Waals surface area contributed by atoms with Gasteiger partial charge < -0.3 is 5.73 Å². The van der Waals surface area contributed by atoms with Gasteiger partial charge in [-0.1, -0.05) is 45.2 Å². The molecule has 0 aliphatic rings. The Bertz CT molecular complexity index is 650. The molecular weight excluding hydrogens is 361 g/mol. The van der Waals surface area contributed by atoms with Crippen molar-refractivity contribution >= 4 is 39.1 Å². The predicted molar refractivity (Wildman–Crippen MR) is 87.4 cm³/mol. The van der Waals surface area contributed by atoms with Gasteiger partial charge in [-0.2, -0.15) is 5.10 Å². The summed E-state index contributed by atoms with van der Waals surface area (Å²) in [7, 11) is 1.87. The second-order valence-electron chi connectivity index (χ2n) is 5.19. The van der Waals surface area contributed by atoms with Gasteiger partial charge in [-0.15, -0.1) is 0 Å². The third kappa shape index (κ3) is 3.03. The lowest BCUT2D eigenvalue weighted by molar-refractivity contribution is 0.472. The fraction of sp³-hybridized carbons (Fsp3) is 0.357. The number of aryl methyl sites for hydroxylation is 2. The molecule has 1 heterocycles. The lowest BCUT2D eigenvalue weighted by atomic mass is 9.88. The van der Waals surface area contributed by atoms with E-state index in [1.807, 2.05) is 39.1 Å². The van der Waals surface area contributed by atoms with Gasteiger partial charge in [0.15, 0.2) is 0 Å². The van der Waals surface area contributed by atoms with Crippen molar-refractivity contribution in [2.24, 2.45) is 12.8 Å². The zero-order valence-corrected chi connectivity index (χ0v) is 14.6. The first-order valence-corrected chi connectivity index (χ1v) is 7.69. The third-order valence-electron chi connectivity index (χ3n) is 3.34. The fourth-order valence-corrected chi connectivity index (χ4v) is 3.38. The summed E-state index contributed by atoms with van der Waals surface area (Å²) in [5.41, 5.74) is 8.45. The molecular formula is C14H16BrCl2N3. The van der Waals surface area contributed by atoms with Crippen molar-refractivity contribution in [1.29, 1.82) is 0 Å². The minimum Gasteiger partial charge on any atom is -0.321 e. The van der Waals surface area contributed by atoms with Crippen molar-refractivity contribution in [3.8, 4) is 0 Å². The molecule has 0 radical (unpaired) electrons. The van der Waals surface area contributed by atoms with Crippen LogP contribution >= 0.6 is 39.1 Å². The highest BCUT2D eigenvalue weighted by Crippen LogP contribution is 2.33. The van der Waals surface area contributed by atoms with E-state index >= 15 is 0 Å². The predicted octanol–water partition coefficient (Wildman–Crippen LogP) is 4.21. The summed E-state index contributed by atoms with van der Waals surface area (Å²) < 4.78 is 2.70. The van der Waals surface area contributed by atoms with Crippen LogP contribution in [-0.4, -0.2) is 9.78 Å². The highest BCUT2D eigenvalue weighted by Gasteiger charge is 2.27. The van der Waals surface area contributed by atoms with Gasteiger partial charge in [0.1, 0.15) is 0 Å². The molecule has 0 aliphatic carbocycles. The molecule has 6 heteroatoms. The number of hydrogen-bond donors (Lipinski definition) is 1. The Kier molecular flexibility index (Phi) is 4.50. The number of halogens is 3. The number of benzene rings is 1. The molecule has 0 saturated carbocycles. The van der Waals surface area contributed by atoms with Crippen LogP contribution in [0.1, 0.15) is 23.9 Å². The van der Waals surface area contributed by atoms with Crippen LogP contribution in [0.25, 0.3) is 0 Å². The van der Waals surface area contributed by atoms with Crippen molar-refractivity contribution in [3.05, 3.63) is 49.7 Å². The maximum Gasteiger partial charge on any atom is 0.0847 e. The third-order valence-corrected chi connectivity index (χ3v) is 4.64. The molecule has 1 atom stereocenters. The summed E-state index contributed by atoms with van der Waals surface area (Å²) in [6.45, 7) is 3.83. The van der Waals surface area contributed by atoms with E-state index in [-0.39, 0.29) is 0 Å². The zero-order chi connectivity index (χ0) is 15.1. The summed E-state index contributed by atoms with van der Waals surface area (Å²) in [5, 5.41) is 5.62. The van der Waals surface area contributed by atoms with Gasteiger partial charge in [0.25, 0.3) is 0 Å². The lowest BCUT2D eigenvalue weighted by Crippen LogP contribution is -2.36. The van der Waals surface area contributed by atoms with Crippen molar-refractivity contribution in [3.63, 3.8) is 0 Å². The van der Waals surface area contributed by atoms with Crippen LogP contribution in [0, 0.1) is 6.92 Å². The monoisotopic (exact) mass is 375 g/mol. The van der Waals surface area contributed by atoms with E-state index in [0.29, 0.717) is 16.5 Å². The van der Waals surface area contributed by atoms with Crippen LogP contribution in [0.5, 0.6) is 0 Å². The zero-order valence-electron chi connectivity index (χ0n) is 11.5. The Hall–Kier alpha value is -0.550. The van der Waals surface area contributed by atoms with Gasteiger partial charge in [0.05, 0.1) is 16.4 Å². The Morgan fingerprint density at radius 3 is 2.55 bits per heavy atom. The molecule has 1 aromatic carbocycles. The van der Waals surface area contributed by atoms with Gasteiger partial charge in [0, 0.05) is 28.5 Å². The van der Waals surface area contributed by atoms with E-state index in [4.69, 9.17) is 28.9 Å². The molecule has 2 rings (SSSR count). The highest BCUT2D eigenvalue weighted by molar-refractivity contribution is 9.10. The number of nitrogens with zero attached hydrogens (tertiary/aromatic N) is 2. The van der Waals surface area contributed by atoms with E-state index < -0.39 is 5.54 Å². The molecule has 2 aromatic rings. The maximum absolute atomic E-state index is 6.47. The van der Waals surface area contributed by atoms with Crippen molar-refractivity contribution < 1.29 is 0 Å². The average Bonchev–Trinajstić information content (AvgIpc) is 2.55. The largest absolute Gasteiger partial charge is 0.321 e. The molecule has 1 unspecified atom stereocenters. The Morgan fingerprint density at radius 2 is 2.05 bits per heavy atom. The molecule has 108 valence electrons. The fourth-order valence-electron chi connectivity index (χ4n) is 2.27. The van der Waals surface area contributed by atoms with E-state index in [1.54, 1.807) is 4.68 Å². The molecule has 20 heavy (non-hydrogen) atoms. The number of nitrogens with two attached hydrogens (primary N) is 1. The van der Waals surface area contributed by atoms with Crippen LogP contribution in [-0.2, 0) is 19.0 Å². The molecule has 2 N–H and O–H groups in total. The molecule has 0 aliphatic heterocycles. The molecule has 0 saturated heterocycles. The van der Waals surface area contributed by atoms with Crippen molar-refractivity contribution in [2.75, 3.05) is 0 Å². The first-order valence-electron chi connectivity index (χ1n) is 6.15. The van der Waals surface area contributed by atoms with Crippen LogP contribution in [0.15, 0.2) is 22.7 Å². The average molecular weight is 377 g/mol. The SMILES string of the molecule is Cc1nn(C)c(CC(C)(N)c2ccc(Br)cc2Cl)c1Cl. The molecule has 0 amide bonds. The minimum atomic E-state index is -0.623. The highest BCUT2D eigenvalue weighted by atomic mass is 79.9. The van der Waals surface area contributed by atoms with E-state index in [9.17, 15) is 0 Å². The van der Waals surface area contributed by atoms with E-state index in [0.717, 1.165) is 21.4 Å². The van der Waals surface area contributed by atoms with Crippen molar-refractivity contribution in [2.45, 2.75) is 25.8 Å². The summed E-state index contributed by atoms with van der Waals surface area (Å²) >= 11 is 16.0. The first-order chi connectivity index (χ1) is 9.22. The molecule has 0 spiro atoms. The molecule has 3 nitrogen and oxygen atoms in total. The lowest BCUT2D eigenvalue weighted by Gasteiger charge is -2.26. The number of aromatic nitrogens is 2. The van der Waals surface area contributed by atoms with Crippen molar-refractivity contribution in [1.82, 2.24) is 9.78 Å². The smallest absolute Gasteiger partial charge is 0.0847 e. The molecule has 0 fully saturated rings. The van der Waals surface area contributed by atoms with Crippen LogP contribution < -0.4 is 5.73 Å². The van der Waals surface area contributed by atoms with Gasteiger partial charge in [-0.3, -0.25) is 4.68 Å². The normalized spacial score (nSPS) is 14.3. The van der Waals surface area contributed by atoms with Crippen LogP contribution in [0.3, 0.4) is 0 Å². The topological polar surface area (TPSA) is 43.8 Å².